The van der Waals surface area contributed by atoms with Crippen LogP contribution in [0, 0.1) is 12.8 Å². The summed E-state index contributed by atoms with van der Waals surface area (Å²) in [6.07, 6.45) is 2.99. The highest BCUT2D eigenvalue weighted by atomic mass is 32.2. The Morgan fingerprint density at radius 2 is 1.63 bits per heavy atom. The van der Waals surface area contributed by atoms with E-state index in [0.717, 1.165) is 29.5 Å². The molecule has 2 aromatic carbocycles. The van der Waals surface area contributed by atoms with Crippen molar-refractivity contribution in [3.05, 3.63) is 76.4 Å². The Kier molecular flexibility index (Phi) is 6.94. The SMILES string of the molecule is CCC1=C(CC)[C@H](CC)C[C@H](NS(=O)(=O)c2ccc(C)cc2)c2ccccc2C1=O. The lowest BCUT2D eigenvalue weighted by Gasteiger charge is -2.31. The minimum absolute atomic E-state index is 0.0302. The van der Waals surface area contributed by atoms with Gasteiger partial charge in [0.1, 0.15) is 0 Å². The third-order valence-corrected chi connectivity index (χ3v) is 7.60. The topological polar surface area (TPSA) is 63.2 Å². The molecule has 0 heterocycles. The number of rotatable bonds is 6. The number of aryl methyl sites for hydroxylation is 1. The molecule has 0 radical (unpaired) electrons. The number of carbonyl (C=O) groups is 1. The Hall–Kier alpha value is -2.24. The van der Waals surface area contributed by atoms with Gasteiger partial charge in [-0.2, -0.15) is 0 Å². The maximum absolute atomic E-state index is 13.4. The first-order chi connectivity index (χ1) is 14.3. The molecule has 5 heteroatoms. The first kappa shape index (κ1) is 22.4. The summed E-state index contributed by atoms with van der Waals surface area (Å²) in [4.78, 5) is 13.7. The van der Waals surface area contributed by atoms with E-state index in [1.807, 2.05) is 38.1 Å². The van der Waals surface area contributed by atoms with E-state index >= 15 is 0 Å². The lowest BCUT2D eigenvalue weighted by Crippen LogP contribution is -2.33. The van der Waals surface area contributed by atoms with Gasteiger partial charge in [-0.15, -0.1) is 0 Å². The summed E-state index contributed by atoms with van der Waals surface area (Å²) in [5.41, 5.74) is 4.42. The molecular formula is C25H31NO3S. The lowest BCUT2D eigenvalue weighted by atomic mass is 9.77. The Bertz CT molecular complexity index is 1050. The third kappa shape index (κ3) is 4.42. The van der Waals surface area contributed by atoms with Gasteiger partial charge in [0.05, 0.1) is 4.90 Å². The minimum Gasteiger partial charge on any atom is -0.289 e. The molecule has 0 spiro atoms. The maximum atomic E-state index is 13.4. The van der Waals surface area contributed by atoms with E-state index in [-0.39, 0.29) is 16.6 Å². The van der Waals surface area contributed by atoms with Crippen LogP contribution in [0.2, 0.25) is 0 Å². The fourth-order valence-corrected chi connectivity index (χ4v) is 5.73. The van der Waals surface area contributed by atoms with Gasteiger partial charge in [-0.05, 0) is 61.8 Å². The fraction of sp³-hybridized carbons (Fsp3) is 0.400. The van der Waals surface area contributed by atoms with E-state index in [0.29, 0.717) is 18.4 Å². The number of nitrogens with one attached hydrogen (secondary N) is 1. The van der Waals surface area contributed by atoms with Crippen molar-refractivity contribution >= 4 is 15.8 Å². The monoisotopic (exact) mass is 425 g/mol. The van der Waals surface area contributed by atoms with Gasteiger partial charge in [0, 0.05) is 11.6 Å². The second-order valence-electron chi connectivity index (χ2n) is 7.96. The smallest absolute Gasteiger partial charge is 0.241 e. The molecule has 4 nitrogen and oxygen atoms in total. The number of fused-ring (bicyclic) bond motifs is 1. The molecule has 1 N–H and O–H groups in total. The Labute approximate surface area is 180 Å². The van der Waals surface area contributed by atoms with Gasteiger partial charge >= 0.3 is 0 Å². The van der Waals surface area contributed by atoms with Crippen LogP contribution < -0.4 is 4.72 Å². The molecule has 0 saturated heterocycles. The van der Waals surface area contributed by atoms with Crippen LogP contribution in [-0.2, 0) is 10.0 Å². The van der Waals surface area contributed by atoms with Crippen LogP contribution in [0.1, 0.15) is 74.0 Å². The van der Waals surface area contributed by atoms with Crippen molar-refractivity contribution in [3.63, 3.8) is 0 Å². The summed E-state index contributed by atoms with van der Waals surface area (Å²) in [6.45, 7) is 8.14. The molecule has 30 heavy (non-hydrogen) atoms. The second kappa shape index (κ2) is 9.27. The van der Waals surface area contributed by atoms with E-state index < -0.39 is 16.1 Å². The highest BCUT2D eigenvalue weighted by molar-refractivity contribution is 7.89. The molecule has 2 atom stereocenters. The van der Waals surface area contributed by atoms with E-state index in [1.165, 1.54) is 5.57 Å². The largest absolute Gasteiger partial charge is 0.289 e. The van der Waals surface area contributed by atoms with Crippen LogP contribution in [0.4, 0.5) is 0 Å². The number of hydrogen-bond acceptors (Lipinski definition) is 3. The molecule has 0 aromatic heterocycles. The Morgan fingerprint density at radius 1 is 0.967 bits per heavy atom. The van der Waals surface area contributed by atoms with Crippen LogP contribution in [0.5, 0.6) is 0 Å². The summed E-state index contributed by atoms with van der Waals surface area (Å²) in [6, 6.07) is 13.8. The van der Waals surface area contributed by atoms with Gasteiger partial charge in [-0.3, -0.25) is 4.79 Å². The molecule has 1 aliphatic rings. The standard InChI is InChI=1S/C25H31NO3S/c1-5-18-16-24(26-30(28,29)19-14-12-17(4)13-15-19)22-10-8-9-11-23(22)25(27)21(7-3)20(18)6-2/h8-15,18,24,26H,5-7,16H2,1-4H3/t18-,24+/m1/s1. The predicted octanol–water partition coefficient (Wildman–Crippen LogP) is 5.74. The van der Waals surface area contributed by atoms with Crippen molar-refractivity contribution < 1.29 is 13.2 Å². The number of carbonyl (C=O) groups excluding carboxylic acids is 1. The van der Waals surface area contributed by atoms with E-state index in [2.05, 4.69) is 18.6 Å². The normalized spacial score (nSPS) is 19.9. The number of benzene rings is 2. The summed E-state index contributed by atoms with van der Waals surface area (Å²) in [7, 11) is -3.72. The van der Waals surface area contributed by atoms with Crippen LogP contribution in [-0.4, -0.2) is 14.2 Å². The first-order valence-electron chi connectivity index (χ1n) is 10.8. The van der Waals surface area contributed by atoms with E-state index in [4.69, 9.17) is 0 Å². The van der Waals surface area contributed by atoms with Gasteiger partial charge < -0.3 is 0 Å². The molecule has 0 unspecified atom stereocenters. The van der Waals surface area contributed by atoms with Crippen molar-refractivity contribution in [2.75, 3.05) is 0 Å². The van der Waals surface area contributed by atoms with Crippen molar-refractivity contribution in [2.45, 2.75) is 64.3 Å². The lowest BCUT2D eigenvalue weighted by molar-refractivity contribution is 0.102. The predicted molar refractivity (Wildman–Crippen MR) is 121 cm³/mol. The second-order valence-corrected chi connectivity index (χ2v) is 9.67. The number of sulfonamides is 1. The number of hydrogen-bond donors (Lipinski definition) is 1. The highest BCUT2D eigenvalue weighted by Crippen LogP contribution is 2.38. The average Bonchev–Trinajstić information content (AvgIpc) is 2.74. The molecule has 0 saturated carbocycles. The summed E-state index contributed by atoms with van der Waals surface area (Å²) >= 11 is 0. The molecule has 1 aliphatic carbocycles. The van der Waals surface area contributed by atoms with Crippen LogP contribution in [0.25, 0.3) is 0 Å². The maximum Gasteiger partial charge on any atom is 0.241 e. The van der Waals surface area contributed by atoms with Crippen molar-refractivity contribution in [2.24, 2.45) is 5.92 Å². The van der Waals surface area contributed by atoms with Crippen LogP contribution in [0.3, 0.4) is 0 Å². The van der Waals surface area contributed by atoms with Crippen LogP contribution >= 0.6 is 0 Å². The third-order valence-electron chi connectivity index (χ3n) is 6.11. The molecular weight excluding hydrogens is 394 g/mol. The molecule has 2 aromatic rings. The Balaban J connectivity index is 2.11. The average molecular weight is 426 g/mol. The van der Waals surface area contributed by atoms with E-state index in [1.54, 1.807) is 24.3 Å². The Morgan fingerprint density at radius 3 is 2.23 bits per heavy atom. The van der Waals surface area contributed by atoms with Gasteiger partial charge in [0.25, 0.3) is 0 Å². The van der Waals surface area contributed by atoms with E-state index in [9.17, 15) is 13.2 Å². The zero-order valence-corrected chi connectivity index (χ0v) is 19.1. The first-order valence-corrected chi connectivity index (χ1v) is 12.2. The van der Waals surface area contributed by atoms with Gasteiger partial charge in [0.2, 0.25) is 10.0 Å². The minimum atomic E-state index is -3.72. The highest BCUT2D eigenvalue weighted by Gasteiger charge is 2.32. The summed E-state index contributed by atoms with van der Waals surface area (Å²) in [5.74, 6) is 0.190. The number of Topliss-reactive ketones (excluding diaryl/α,β-unsaturated/α-hetero) is 1. The summed E-state index contributed by atoms with van der Waals surface area (Å²) < 4.78 is 29.2. The quantitative estimate of drug-likeness (QED) is 0.641. The molecule has 0 aliphatic heterocycles. The molecule has 0 fully saturated rings. The molecule has 160 valence electrons. The summed E-state index contributed by atoms with van der Waals surface area (Å²) in [5, 5.41) is 0. The molecule has 3 rings (SSSR count). The van der Waals surface area contributed by atoms with Crippen LogP contribution in [0.15, 0.2) is 64.6 Å². The number of ketones is 1. The zero-order chi connectivity index (χ0) is 21.9. The van der Waals surface area contributed by atoms with Crippen molar-refractivity contribution in [1.29, 1.82) is 0 Å². The van der Waals surface area contributed by atoms with Crippen molar-refractivity contribution in [3.8, 4) is 0 Å². The van der Waals surface area contributed by atoms with Crippen molar-refractivity contribution in [1.82, 2.24) is 4.72 Å². The molecule has 0 amide bonds. The fourth-order valence-electron chi connectivity index (χ4n) is 4.50. The number of allylic oxidation sites excluding steroid dienone is 2. The van der Waals surface area contributed by atoms with Gasteiger partial charge in [-0.1, -0.05) is 68.3 Å². The zero-order valence-electron chi connectivity index (χ0n) is 18.2. The molecule has 0 bridgehead atoms. The van der Waals surface area contributed by atoms with Gasteiger partial charge in [-0.25, -0.2) is 13.1 Å². The van der Waals surface area contributed by atoms with Gasteiger partial charge in [0.15, 0.2) is 5.78 Å².